The van der Waals surface area contributed by atoms with Crippen molar-refractivity contribution in [2.45, 2.75) is 11.5 Å². The van der Waals surface area contributed by atoms with Crippen LogP contribution in [0.25, 0.3) is 0 Å². The summed E-state index contributed by atoms with van der Waals surface area (Å²) in [7, 11) is -1.10. The molecule has 0 saturated heterocycles. The van der Waals surface area contributed by atoms with Crippen molar-refractivity contribution in [3.63, 3.8) is 0 Å². The van der Waals surface area contributed by atoms with E-state index in [4.69, 9.17) is 23.2 Å². The number of benzene rings is 2. The molecule has 0 radical (unpaired) electrons. The summed E-state index contributed by atoms with van der Waals surface area (Å²) in [6, 6.07) is 11.3. The molecule has 0 aliphatic heterocycles. The lowest BCUT2D eigenvalue weighted by molar-refractivity contribution is 0.627. The molecule has 0 aromatic heterocycles. The molecule has 1 nitrogen and oxygen atoms in total. The minimum atomic E-state index is -1.10. The largest absolute Gasteiger partial charge is 0.259 e. The third-order valence-corrected chi connectivity index (χ3v) is 4.46. The van der Waals surface area contributed by atoms with Gasteiger partial charge in [-0.2, -0.15) is 0 Å². The van der Waals surface area contributed by atoms with Gasteiger partial charge in [-0.05, 0) is 35.4 Å². The first-order valence-electron chi connectivity index (χ1n) is 5.58. The van der Waals surface area contributed by atoms with Gasteiger partial charge in [-0.25, -0.2) is 4.39 Å². The van der Waals surface area contributed by atoms with Crippen LogP contribution in [0.5, 0.6) is 0 Å². The molecule has 2 rings (SSSR count). The van der Waals surface area contributed by atoms with Crippen LogP contribution >= 0.6 is 23.2 Å². The van der Waals surface area contributed by atoms with Crippen LogP contribution in [-0.2, 0) is 22.3 Å². The second-order valence-electron chi connectivity index (χ2n) is 4.09. The Bertz CT molecular complexity index is 599. The van der Waals surface area contributed by atoms with Gasteiger partial charge in [0.25, 0.3) is 0 Å². The monoisotopic (exact) mass is 316 g/mol. The highest BCUT2D eigenvalue weighted by Gasteiger charge is 2.07. The minimum Gasteiger partial charge on any atom is -0.259 e. The zero-order chi connectivity index (χ0) is 13.8. The van der Waals surface area contributed by atoms with Gasteiger partial charge in [-0.15, -0.1) is 0 Å². The molecular formula is C14H11Cl2FOS. The fourth-order valence-corrected chi connectivity index (χ4v) is 3.33. The molecule has 0 spiro atoms. The maximum absolute atomic E-state index is 12.9. The first kappa shape index (κ1) is 14.5. The van der Waals surface area contributed by atoms with Crippen LogP contribution < -0.4 is 0 Å². The molecule has 0 amide bonds. The first-order valence-corrected chi connectivity index (χ1v) is 7.82. The summed E-state index contributed by atoms with van der Waals surface area (Å²) in [5, 5.41) is 0.959. The minimum absolute atomic E-state index is 0.307. The Morgan fingerprint density at radius 2 is 1.68 bits per heavy atom. The van der Waals surface area contributed by atoms with E-state index in [1.165, 1.54) is 12.1 Å². The highest BCUT2D eigenvalue weighted by atomic mass is 35.5. The average molecular weight is 317 g/mol. The molecule has 100 valence electrons. The molecule has 0 fully saturated rings. The van der Waals surface area contributed by atoms with Crippen LogP contribution in [0.1, 0.15) is 11.1 Å². The molecular weight excluding hydrogens is 306 g/mol. The normalized spacial score (nSPS) is 12.4. The Morgan fingerprint density at radius 3 is 2.32 bits per heavy atom. The van der Waals surface area contributed by atoms with Crippen molar-refractivity contribution in [1.29, 1.82) is 0 Å². The van der Waals surface area contributed by atoms with Crippen molar-refractivity contribution in [3.05, 3.63) is 69.5 Å². The lowest BCUT2D eigenvalue weighted by atomic mass is 10.2. The van der Waals surface area contributed by atoms with E-state index in [0.29, 0.717) is 27.1 Å². The smallest absolute Gasteiger partial charge is 0.124 e. The van der Waals surface area contributed by atoms with Crippen molar-refractivity contribution < 1.29 is 8.60 Å². The van der Waals surface area contributed by atoms with Gasteiger partial charge in [0.15, 0.2) is 0 Å². The lowest BCUT2D eigenvalue weighted by Crippen LogP contribution is -2.00. The van der Waals surface area contributed by atoms with Gasteiger partial charge in [0.2, 0.25) is 0 Å². The SMILES string of the molecule is O=[S@@](Cc1ccc(Cl)cc1)Cc1ccc(F)cc1Cl. The van der Waals surface area contributed by atoms with Gasteiger partial charge < -0.3 is 0 Å². The van der Waals surface area contributed by atoms with E-state index in [9.17, 15) is 8.60 Å². The second-order valence-corrected chi connectivity index (χ2v) is 6.39. The van der Waals surface area contributed by atoms with E-state index in [-0.39, 0.29) is 0 Å². The topological polar surface area (TPSA) is 17.1 Å². The molecule has 1 atom stereocenters. The standard InChI is InChI=1S/C14H11Cl2FOS/c15-12-4-1-10(2-5-12)8-19(18)9-11-3-6-13(17)7-14(11)16/h1-7H,8-9H2/t19-/m0/s1. The summed E-state index contributed by atoms with van der Waals surface area (Å²) < 4.78 is 24.9. The maximum atomic E-state index is 12.9. The van der Waals surface area contributed by atoms with Gasteiger partial charge in [-0.3, -0.25) is 4.21 Å². The molecule has 0 heterocycles. The summed E-state index contributed by atoms with van der Waals surface area (Å²) in [6.45, 7) is 0. The molecule has 0 aliphatic rings. The van der Waals surface area contributed by atoms with Crippen LogP contribution in [0.3, 0.4) is 0 Å². The van der Waals surface area contributed by atoms with Gasteiger partial charge in [0.05, 0.1) is 5.75 Å². The van der Waals surface area contributed by atoms with Crippen molar-refractivity contribution in [3.8, 4) is 0 Å². The summed E-state index contributed by atoms with van der Waals surface area (Å²) in [4.78, 5) is 0. The molecule has 0 N–H and O–H groups in total. The number of hydrogen-bond acceptors (Lipinski definition) is 1. The maximum Gasteiger partial charge on any atom is 0.124 e. The zero-order valence-electron chi connectivity index (χ0n) is 9.91. The Hall–Kier alpha value is -0.900. The van der Waals surface area contributed by atoms with Gasteiger partial charge in [0.1, 0.15) is 5.82 Å². The van der Waals surface area contributed by atoms with Crippen molar-refractivity contribution >= 4 is 34.0 Å². The van der Waals surface area contributed by atoms with E-state index in [1.807, 2.05) is 12.1 Å². The Labute approximate surface area is 123 Å². The summed E-state index contributed by atoms with van der Waals surface area (Å²) in [5.41, 5.74) is 1.64. The van der Waals surface area contributed by atoms with Crippen molar-refractivity contribution in [2.24, 2.45) is 0 Å². The second kappa shape index (κ2) is 6.51. The Balaban J connectivity index is 2.03. The third-order valence-electron chi connectivity index (χ3n) is 2.57. The molecule has 0 unspecified atom stereocenters. The van der Waals surface area contributed by atoms with Crippen LogP contribution in [0.2, 0.25) is 10.0 Å². The quantitative estimate of drug-likeness (QED) is 0.806. The van der Waals surface area contributed by atoms with Crippen LogP contribution in [0.4, 0.5) is 4.39 Å². The number of hydrogen-bond donors (Lipinski definition) is 0. The highest BCUT2D eigenvalue weighted by molar-refractivity contribution is 7.83. The highest BCUT2D eigenvalue weighted by Crippen LogP contribution is 2.20. The van der Waals surface area contributed by atoms with Crippen molar-refractivity contribution in [2.75, 3.05) is 0 Å². The van der Waals surface area contributed by atoms with Gasteiger partial charge >= 0.3 is 0 Å². The number of halogens is 3. The summed E-state index contributed by atoms with van der Waals surface area (Å²) in [6.07, 6.45) is 0. The fourth-order valence-electron chi connectivity index (χ4n) is 1.63. The molecule has 19 heavy (non-hydrogen) atoms. The van der Waals surface area contributed by atoms with E-state index in [0.717, 1.165) is 5.56 Å². The molecule has 5 heteroatoms. The van der Waals surface area contributed by atoms with Crippen LogP contribution in [-0.4, -0.2) is 4.21 Å². The predicted molar refractivity (Wildman–Crippen MR) is 78.4 cm³/mol. The van der Waals surface area contributed by atoms with E-state index in [2.05, 4.69) is 0 Å². The van der Waals surface area contributed by atoms with E-state index >= 15 is 0 Å². The molecule has 0 saturated carbocycles. The molecule has 0 aliphatic carbocycles. The number of rotatable bonds is 4. The lowest BCUT2D eigenvalue weighted by Gasteiger charge is -2.05. The fraction of sp³-hybridized carbons (Fsp3) is 0.143. The third kappa shape index (κ3) is 4.30. The van der Waals surface area contributed by atoms with Gasteiger partial charge in [-0.1, -0.05) is 41.4 Å². The van der Waals surface area contributed by atoms with Crippen LogP contribution in [0, 0.1) is 5.82 Å². The predicted octanol–water partition coefficient (Wildman–Crippen LogP) is 4.58. The zero-order valence-corrected chi connectivity index (χ0v) is 12.2. The molecule has 2 aromatic carbocycles. The van der Waals surface area contributed by atoms with Crippen molar-refractivity contribution in [1.82, 2.24) is 0 Å². The Kier molecular flexibility index (Phi) is 4.97. The summed E-state index contributed by atoms with van der Waals surface area (Å²) >= 11 is 11.7. The van der Waals surface area contributed by atoms with E-state index < -0.39 is 16.6 Å². The van der Waals surface area contributed by atoms with E-state index in [1.54, 1.807) is 18.2 Å². The summed E-state index contributed by atoms with van der Waals surface area (Å²) in [5.74, 6) is 0.337. The first-order chi connectivity index (χ1) is 9.04. The Morgan fingerprint density at radius 1 is 1.00 bits per heavy atom. The average Bonchev–Trinajstić information content (AvgIpc) is 2.36. The molecule has 2 aromatic rings. The van der Waals surface area contributed by atoms with Gasteiger partial charge in [0, 0.05) is 26.6 Å². The molecule has 0 bridgehead atoms. The van der Waals surface area contributed by atoms with Crippen LogP contribution in [0.15, 0.2) is 42.5 Å².